The van der Waals surface area contributed by atoms with Crippen LogP contribution in [0.15, 0.2) is 75.9 Å². The molecule has 3 rings (SSSR count). The van der Waals surface area contributed by atoms with Crippen molar-refractivity contribution in [3.05, 3.63) is 82.1 Å². The Bertz CT molecular complexity index is 1100. The number of hydrogen-bond acceptors (Lipinski definition) is 6. The summed E-state index contributed by atoms with van der Waals surface area (Å²) >= 11 is 10.6. The van der Waals surface area contributed by atoms with Crippen LogP contribution in [0.3, 0.4) is 0 Å². The van der Waals surface area contributed by atoms with Crippen LogP contribution in [0.4, 0.5) is 5.69 Å². The molecule has 0 aliphatic carbocycles. The van der Waals surface area contributed by atoms with Crippen LogP contribution in [0.1, 0.15) is 18.3 Å². The smallest absolute Gasteiger partial charge is 0.250 e. The largest absolute Gasteiger partial charge is 0.378 e. The van der Waals surface area contributed by atoms with E-state index in [2.05, 4.69) is 48.6 Å². The minimum Gasteiger partial charge on any atom is -0.378 e. The fourth-order valence-corrected chi connectivity index (χ4v) is 3.83. The predicted molar refractivity (Wildman–Crippen MR) is 134 cm³/mol. The number of carbonyl (C=O) groups excluding carboxylic acids is 1. The topological polar surface area (TPSA) is 84.2 Å². The Morgan fingerprint density at radius 2 is 1.94 bits per heavy atom. The second-order valence-electron chi connectivity index (χ2n) is 6.69. The molecule has 32 heavy (non-hydrogen) atoms. The minimum absolute atomic E-state index is 0.164. The first-order valence-electron chi connectivity index (χ1n) is 9.70. The standard InChI is InChI=1S/C22H22BrClN6OS/c1-3-12-30-20(13-25-19-10-8-18(24)9-11-19)27-29-22(30)32-14-21(31)28-26-15(2)16-4-6-17(23)7-5-16/h3-11,25H,1,12-14H2,2H3,(H,28,31)/b26-15-. The molecule has 0 aliphatic heterocycles. The van der Waals surface area contributed by atoms with Gasteiger partial charge in [0.15, 0.2) is 11.0 Å². The Hall–Kier alpha value is -2.62. The molecular weight excluding hydrogens is 512 g/mol. The maximum Gasteiger partial charge on any atom is 0.250 e. The molecule has 0 atom stereocenters. The number of halogens is 2. The summed E-state index contributed by atoms with van der Waals surface area (Å²) in [5, 5.41) is 17.3. The summed E-state index contributed by atoms with van der Waals surface area (Å²) in [6.45, 7) is 6.66. The molecule has 2 N–H and O–H groups in total. The van der Waals surface area contributed by atoms with Crippen molar-refractivity contribution in [3.8, 4) is 0 Å². The van der Waals surface area contributed by atoms with Gasteiger partial charge in [0.2, 0.25) is 0 Å². The van der Waals surface area contributed by atoms with Crippen LogP contribution in [-0.2, 0) is 17.9 Å². The Morgan fingerprint density at radius 3 is 2.62 bits per heavy atom. The van der Waals surface area contributed by atoms with E-state index in [4.69, 9.17) is 11.6 Å². The molecule has 1 heterocycles. The summed E-state index contributed by atoms with van der Waals surface area (Å²) in [7, 11) is 0. The van der Waals surface area contributed by atoms with E-state index in [9.17, 15) is 4.79 Å². The third-order valence-electron chi connectivity index (χ3n) is 4.34. The predicted octanol–water partition coefficient (Wildman–Crippen LogP) is 5.12. The Kier molecular flexibility index (Phi) is 8.90. The molecule has 0 saturated heterocycles. The fourth-order valence-electron chi connectivity index (χ4n) is 2.68. The molecule has 2 aromatic carbocycles. The van der Waals surface area contributed by atoms with Gasteiger partial charge in [-0.25, -0.2) is 5.43 Å². The molecule has 0 spiro atoms. The Morgan fingerprint density at radius 1 is 1.22 bits per heavy atom. The number of anilines is 1. The van der Waals surface area contributed by atoms with Crippen LogP contribution < -0.4 is 10.7 Å². The molecule has 1 aromatic heterocycles. The van der Waals surface area contributed by atoms with Gasteiger partial charge in [-0.1, -0.05) is 57.5 Å². The SMILES string of the molecule is C=CCn1c(CNc2ccc(Cl)cc2)nnc1SCC(=O)N/N=C(/C)c1ccc(Br)cc1. The van der Waals surface area contributed by atoms with E-state index in [-0.39, 0.29) is 11.7 Å². The number of carbonyl (C=O) groups is 1. The van der Waals surface area contributed by atoms with Crippen molar-refractivity contribution >= 4 is 56.6 Å². The molecule has 0 saturated carbocycles. The second-order valence-corrected chi connectivity index (χ2v) is 8.98. The highest BCUT2D eigenvalue weighted by Gasteiger charge is 2.13. The highest BCUT2D eigenvalue weighted by atomic mass is 79.9. The molecule has 0 aliphatic rings. The zero-order valence-electron chi connectivity index (χ0n) is 17.4. The zero-order chi connectivity index (χ0) is 22.9. The van der Waals surface area contributed by atoms with Gasteiger partial charge < -0.3 is 9.88 Å². The van der Waals surface area contributed by atoms with Crippen LogP contribution in [0.2, 0.25) is 5.02 Å². The fraction of sp³-hybridized carbons (Fsp3) is 0.182. The molecule has 3 aromatic rings. The van der Waals surface area contributed by atoms with Crippen LogP contribution in [0, 0.1) is 0 Å². The molecule has 7 nitrogen and oxygen atoms in total. The van der Waals surface area contributed by atoms with E-state index in [1.54, 1.807) is 6.08 Å². The van der Waals surface area contributed by atoms with E-state index in [0.717, 1.165) is 27.3 Å². The van der Waals surface area contributed by atoms with E-state index in [1.807, 2.05) is 60.0 Å². The number of nitrogens with one attached hydrogen (secondary N) is 2. The lowest BCUT2D eigenvalue weighted by molar-refractivity contribution is -0.118. The summed E-state index contributed by atoms with van der Waals surface area (Å²) in [5.41, 5.74) is 5.18. The second kappa shape index (κ2) is 11.8. The number of aromatic nitrogens is 3. The van der Waals surface area contributed by atoms with Gasteiger partial charge in [0, 0.05) is 21.7 Å². The van der Waals surface area contributed by atoms with E-state index in [1.165, 1.54) is 11.8 Å². The van der Waals surface area contributed by atoms with E-state index >= 15 is 0 Å². The molecule has 1 amide bonds. The number of hydrogen-bond donors (Lipinski definition) is 2. The first-order valence-corrected chi connectivity index (χ1v) is 11.9. The normalized spacial score (nSPS) is 11.3. The summed E-state index contributed by atoms with van der Waals surface area (Å²) in [4.78, 5) is 12.3. The monoisotopic (exact) mass is 532 g/mol. The first-order chi connectivity index (χ1) is 15.5. The molecule has 0 unspecified atom stereocenters. The van der Waals surface area contributed by atoms with Crippen molar-refractivity contribution < 1.29 is 4.79 Å². The van der Waals surface area contributed by atoms with Gasteiger partial charge in [0.1, 0.15) is 0 Å². The first kappa shape index (κ1) is 24.0. The van der Waals surface area contributed by atoms with Crippen molar-refractivity contribution in [1.82, 2.24) is 20.2 Å². The highest BCUT2D eigenvalue weighted by Crippen LogP contribution is 2.19. The average molecular weight is 534 g/mol. The van der Waals surface area contributed by atoms with Gasteiger partial charge in [0.25, 0.3) is 5.91 Å². The number of allylic oxidation sites excluding steroid dienone is 1. The zero-order valence-corrected chi connectivity index (χ0v) is 20.5. The van der Waals surface area contributed by atoms with Gasteiger partial charge in [-0.2, -0.15) is 5.10 Å². The third kappa shape index (κ3) is 6.94. The lowest BCUT2D eigenvalue weighted by atomic mass is 10.1. The molecule has 166 valence electrons. The van der Waals surface area contributed by atoms with Crippen LogP contribution in [-0.4, -0.2) is 32.1 Å². The quantitative estimate of drug-likeness (QED) is 0.163. The van der Waals surface area contributed by atoms with E-state index < -0.39 is 0 Å². The lowest BCUT2D eigenvalue weighted by Crippen LogP contribution is -2.21. The lowest BCUT2D eigenvalue weighted by Gasteiger charge is -2.09. The Balaban J connectivity index is 1.57. The molecule has 10 heteroatoms. The molecule has 0 radical (unpaired) electrons. The minimum atomic E-state index is -0.222. The van der Waals surface area contributed by atoms with Crippen molar-refractivity contribution in [1.29, 1.82) is 0 Å². The number of nitrogens with zero attached hydrogens (tertiary/aromatic N) is 4. The summed E-state index contributed by atoms with van der Waals surface area (Å²) in [6, 6.07) is 15.1. The molecule has 0 bridgehead atoms. The maximum atomic E-state index is 12.3. The Labute approximate surface area is 204 Å². The van der Waals surface area contributed by atoms with Crippen molar-refractivity contribution in [3.63, 3.8) is 0 Å². The third-order valence-corrected chi connectivity index (χ3v) is 6.09. The van der Waals surface area contributed by atoms with Gasteiger partial charge >= 0.3 is 0 Å². The average Bonchev–Trinajstić information content (AvgIpc) is 3.18. The van der Waals surface area contributed by atoms with Crippen molar-refractivity contribution in [2.45, 2.75) is 25.2 Å². The maximum absolute atomic E-state index is 12.3. The van der Waals surface area contributed by atoms with Gasteiger partial charge in [-0.3, -0.25) is 4.79 Å². The summed E-state index contributed by atoms with van der Waals surface area (Å²) in [6.07, 6.45) is 1.77. The number of rotatable bonds is 10. The summed E-state index contributed by atoms with van der Waals surface area (Å²) < 4.78 is 2.91. The van der Waals surface area contributed by atoms with Gasteiger partial charge in [-0.05, 0) is 48.9 Å². The summed E-state index contributed by atoms with van der Waals surface area (Å²) in [5.74, 6) is 0.684. The van der Waals surface area contributed by atoms with Crippen molar-refractivity contribution in [2.24, 2.45) is 5.10 Å². The van der Waals surface area contributed by atoms with Crippen LogP contribution in [0.5, 0.6) is 0 Å². The molecular formula is C22H22BrClN6OS. The van der Waals surface area contributed by atoms with Crippen LogP contribution in [0.25, 0.3) is 0 Å². The van der Waals surface area contributed by atoms with Gasteiger partial charge in [-0.15, -0.1) is 16.8 Å². The number of amides is 1. The van der Waals surface area contributed by atoms with Crippen LogP contribution >= 0.6 is 39.3 Å². The number of thioether (sulfide) groups is 1. The van der Waals surface area contributed by atoms with Crippen molar-refractivity contribution in [2.75, 3.05) is 11.1 Å². The number of benzene rings is 2. The van der Waals surface area contributed by atoms with Gasteiger partial charge in [0.05, 0.1) is 18.0 Å². The highest BCUT2D eigenvalue weighted by molar-refractivity contribution is 9.10. The number of hydrazone groups is 1. The molecule has 0 fully saturated rings. The van der Waals surface area contributed by atoms with E-state index in [0.29, 0.717) is 23.3 Å².